The third kappa shape index (κ3) is 5.00. The van der Waals surface area contributed by atoms with E-state index in [1.165, 1.54) is 10.4 Å². The summed E-state index contributed by atoms with van der Waals surface area (Å²) in [5, 5.41) is 8.44. The lowest BCUT2D eigenvalue weighted by Crippen LogP contribution is -2.37. The van der Waals surface area contributed by atoms with Crippen molar-refractivity contribution in [2.75, 3.05) is 13.6 Å². The van der Waals surface area contributed by atoms with E-state index in [1.54, 1.807) is 18.4 Å². The summed E-state index contributed by atoms with van der Waals surface area (Å²) in [5.41, 5.74) is 2.31. The van der Waals surface area contributed by atoms with Gasteiger partial charge in [0.15, 0.2) is 5.96 Å². The van der Waals surface area contributed by atoms with E-state index < -0.39 is 0 Å². The van der Waals surface area contributed by atoms with Crippen LogP contribution in [0, 0.1) is 13.8 Å². The molecule has 0 fully saturated rings. The Labute approximate surface area is 140 Å². The standard InChI is InChI=1S/C16H21ClN4S/c1-11-12(2)22-15(21-11)10-20-16(18-3)19-8-7-13-5-4-6-14(17)9-13/h4-6,9H,7-8,10H2,1-3H3,(H2,18,19,20). The first-order chi connectivity index (χ1) is 10.6. The zero-order valence-electron chi connectivity index (χ0n) is 13.1. The zero-order valence-corrected chi connectivity index (χ0v) is 14.7. The molecule has 6 heteroatoms. The molecule has 118 valence electrons. The lowest BCUT2D eigenvalue weighted by atomic mass is 10.1. The number of nitrogens with one attached hydrogen (secondary N) is 2. The van der Waals surface area contributed by atoms with Crippen LogP contribution >= 0.6 is 22.9 Å². The van der Waals surface area contributed by atoms with Crippen LogP contribution in [0.1, 0.15) is 21.1 Å². The minimum atomic E-state index is 0.691. The molecule has 1 heterocycles. The van der Waals surface area contributed by atoms with Gasteiger partial charge in [-0.1, -0.05) is 23.7 Å². The first-order valence-electron chi connectivity index (χ1n) is 7.20. The molecule has 0 bridgehead atoms. The molecule has 2 rings (SSSR count). The molecule has 2 N–H and O–H groups in total. The van der Waals surface area contributed by atoms with Crippen LogP contribution in [0.3, 0.4) is 0 Å². The highest BCUT2D eigenvalue weighted by Gasteiger charge is 2.04. The van der Waals surface area contributed by atoms with Gasteiger partial charge in [-0.25, -0.2) is 4.98 Å². The Balaban J connectivity index is 1.78. The zero-order chi connectivity index (χ0) is 15.9. The Kier molecular flexibility index (Phi) is 6.21. The van der Waals surface area contributed by atoms with Gasteiger partial charge in [0.05, 0.1) is 12.2 Å². The molecule has 22 heavy (non-hydrogen) atoms. The molecule has 0 aliphatic heterocycles. The minimum absolute atomic E-state index is 0.691. The average Bonchev–Trinajstić information content (AvgIpc) is 2.81. The van der Waals surface area contributed by atoms with E-state index in [-0.39, 0.29) is 0 Å². The van der Waals surface area contributed by atoms with Crippen LogP contribution in [-0.2, 0) is 13.0 Å². The number of aliphatic imine (C=N–C) groups is 1. The van der Waals surface area contributed by atoms with Crippen LogP contribution in [0.2, 0.25) is 5.02 Å². The molecular weight excluding hydrogens is 316 g/mol. The summed E-state index contributed by atoms with van der Waals surface area (Å²) in [6.45, 7) is 5.62. The number of halogens is 1. The third-order valence-electron chi connectivity index (χ3n) is 3.30. The van der Waals surface area contributed by atoms with Gasteiger partial charge in [-0.3, -0.25) is 4.99 Å². The maximum absolute atomic E-state index is 5.98. The lowest BCUT2D eigenvalue weighted by Gasteiger charge is -2.11. The Morgan fingerprint density at radius 2 is 2.14 bits per heavy atom. The fourth-order valence-electron chi connectivity index (χ4n) is 2.01. The summed E-state index contributed by atoms with van der Waals surface area (Å²) in [4.78, 5) is 10.0. The van der Waals surface area contributed by atoms with Gasteiger partial charge in [-0.2, -0.15) is 0 Å². The van der Waals surface area contributed by atoms with Crippen LogP contribution in [0.5, 0.6) is 0 Å². The summed E-state index contributed by atoms with van der Waals surface area (Å²) < 4.78 is 0. The molecule has 0 saturated carbocycles. The SMILES string of the molecule is CN=C(NCCc1cccc(Cl)c1)NCc1nc(C)c(C)s1. The number of nitrogens with zero attached hydrogens (tertiary/aromatic N) is 2. The largest absolute Gasteiger partial charge is 0.356 e. The minimum Gasteiger partial charge on any atom is -0.356 e. The Morgan fingerprint density at radius 1 is 1.32 bits per heavy atom. The van der Waals surface area contributed by atoms with Gasteiger partial charge in [0.25, 0.3) is 0 Å². The van der Waals surface area contributed by atoms with Crippen molar-refractivity contribution in [3.8, 4) is 0 Å². The fourth-order valence-corrected chi connectivity index (χ4v) is 3.10. The number of hydrogen-bond donors (Lipinski definition) is 2. The molecule has 0 saturated heterocycles. The van der Waals surface area contributed by atoms with Crippen LogP contribution in [0.4, 0.5) is 0 Å². The van der Waals surface area contributed by atoms with Gasteiger partial charge in [0.2, 0.25) is 0 Å². The van der Waals surface area contributed by atoms with Crippen molar-refractivity contribution in [3.63, 3.8) is 0 Å². The van der Waals surface area contributed by atoms with Crippen LogP contribution < -0.4 is 10.6 Å². The Hall–Kier alpha value is -1.59. The first-order valence-corrected chi connectivity index (χ1v) is 8.40. The van der Waals surface area contributed by atoms with Gasteiger partial charge in [0, 0.05) is 23.5 Å². The van der Waals surface area contributed by atoms with E-state index in [4.69, 9.17) is 11.6 Å². The molecular formula is C16H21ClN4S. The van der Waals surface area contributed by atoms with E-state index in [1.807, 2.05) is 25.1 Å². The van der Waals surface area contributed by atoms with Crippen molar-refractivity contribution in [2.45, 2.75) is 26.8 Å². The summed E-state index contributed by atoms with van der Waals surface area (Å²) in [6.07, 6.45) is 0.900. The summed E-state index contributed by atoms with van der Waals surface area (Å²) in [5.74, 6) is 0.785. The van der Waals surface area contributed by atoms with Crippen molar-refractivity contribution in [1.29, 1.82) is 0 Å². The summed E-state index contributed by atoms with van der Waals surface area (Å²) >= 11 is 7.70. The van der Waals surface area contributed by atoms with Crippen molar-refractivity contribution in [2.24, 2.45) is 4.99 Å². The van der Waals surface area contributed by atoms with Gasteiger partial charge < -0.3 is 10.6 Å². The molecule has 1 aromatic carbocycles. The molecule has 0 atom stereocenters. The van der Waals surface area contributed by atoms with Gasteiger partial charge >= 0.3 is 0 Å². The molecule has 0 aliphatic rings. The highest BCUT2D eigenvalue weighted by atomic mass is 35.5. The fraction of sp³-hybridized carbons (Fsp3) is 0.375. The van der Waals surface area contributed by atoms with Crippen molar-refractivity contribution >= 4 is 28.9 Å². The predicted octanol–water partition coefficient (Wildman–Crippen LogP) is 3.32. The molecule has 0 unspecified atom stereocenters. The highest BCUT2D eigenvalue weighted by molar-refractivity contribution is 7.11. The van der Waals surface area contributed by atoms with Crippen molar-refractivity contribution < 1.29 is 0 Å². The molecule has 0 aliphatic carbocycles. The molecule has 2 aromatic rings. The monoisotopic (exact) mass is 336 g/mol. The number of hydrogen-bond acceptors (Lipinski definition) is 3. The van der Waals surface area contributed by atoms with E-state index in [2.05, 4.69) is 33.6 Å². The van der Waals surface area contributed by atoms with Crippen LogP contribution in [0.15, 0.2) is 29.3 Å². The van der Waals surface area contributed by atoms with E-state index in [0.717, 1.165) is 34.6 Å². The van der Waals surface area contributed by atoms with Crippen LogP contribution in [0.25, 0.3) is 0 Å². The van der Waals surface area contributed by atoms with Gasteiger partial charge in [-0.05, 0) is 38.0 Å². The predicted molar refractivity (Wildman–Crippen MR) is 94.9 cm³/mol. The Bertz CT molecular complexity index is 632. The lowest BCUT2D eigenvalue weighted by molar-refractivity contribution is 0.790. The molecule has 0 radical (unpaired) electrons. The highest BCUT2D eigenvalue weighted by Crippen LogP contribution is 2.15. The second-order valence-electron chi connectivity index (χ2n) is 4.98. The Morgan fingerprint density at radius 3 is 2.77 bits per heavy atom. The number of guanidine groups is 1. The maximum Gasteiger partial charge on any atom is 0.191 e. The van der Waals surface area contributed by atoms with E-state index in [9.17, 15) is 0 Å². The van der Waals surface area contributed by atoms with E-state index >= 15 is 0 Å². The third-order valence-corrected chi connectivity index (χ3v) is 4.61. The second kappa shape index (κ2) is 8.15. The summed E-state index contributed by atoms with van der Waals surface area (Å²) in [7, 11) is 1.77. The van der Waals surface area contributed by atoms with E-state index in [0.29, 0.717) is 6.54 Å². The van der Waals surface area contributed by atoms with Gasteiger partial charge in [-0.15, -0.1) is 11.3 Å². The molecule has 0 spiro atoms. The smallest absolute Gasteiger partial charge is 0.191 e. The maximum atomic E-state index is 5.98. The van der Waals surface area contributed by atoms with Crippen molar-refractivity contribution in [3.05, 3.63) is 50.4 Å². The molecule has 4 nitrogen and oxygen atoms in total. The number of benzene rings is 1. The van der Waals surface area contributed by atoms with Gasteiger partial charge in [0.1, 0.15) is 5.01 Å². The first kappa shape index (κ1) is 16.8. The summed E-state index contributed by atoms with van der Waals surface area (Å²) in [6, 6.07) is 7.92. The topological polar surface area (TPSA) is 49.3 Å². The average molecular weight is 337 g/mol. The number of aromatic nitrogens is 1. The van der Waals surface area contributed by atoms with Crippen molar-refractivity contribution in [1.82, 2.24) is 15.6 Å². The normalized spacial score (nSPS) is 11.5. The molecule has 1 aromatic heterocycles. The number of aryl methyl sites for hydroxylation is 2. The number of thiazole rings is 1. The quantitative estimate of drug-likeness (QED) is 0.650. The molecule has 0 amide bonds. The van der Waals surface area contributed by atoms with Crippen LogP contribution in [-0.4, -0.2) is 24.5 Å². The number of rotatable bonds is 5. The second-order valence-corrected chi connectivity index (χ2v) is 6.71.